The van der Waals surface area contributed by atoms with Crippen LogP contribution >= 0.6 is 0 Å². The van der Waals surface area contributed by atoms with Crippen LogP contribution < -0.4 is 5.32 Å². The van der Waals surface area contributed by atoms with Crippen molar-refractivity contribution >= 4 is 15.7 Å². The summed E-state index contributed by atoms with van der Waals surface area (Å²) in [6.45, 7) is 2.91. The summed E-state index contributed by atoms with van der Waals surface area (Å²) in [4.78, 5) is 11.9. The Hall–Kier alpha value is -1.84. The number of hydrogen-bond donors (Lipinski definition) is 2. The molecule has 0 aliphatic rings. The molecule has 0 fully saturated rings. The van der Waals surface area contributed by atoms with Gasteiger partial charge in [0.1, 0.15) is 11.9 Å². The molecule has 2 unspecified atom stereocenters. The highest BCUT2D eigenvalue weighted by atomic mass is 32.2. The van der Waals surface area contributed by atoms with E-state index < -0.39 is 21.0 Å². The van der Waals surface area contributed by atoms with Crippen LogP contribution in [0.1, 0.15) is 31.0 Å². The van der Waals surface area contributed by atoms with Crippen LogP contribution in [-0.4, -0.2) is 37.5 Å². The fourth-order valence-electron chi connectivity index (χ4n) is 1.64. The smallest absolute Gasteiger partial charge is 0.238 e. The normalized spacial score (nSPS) is 13.7. The van der Waals surface area contributed by atoms with Crippen molar-refractivity contribution in [3.8, 4) is 11.8 Å². The van der Waals surface area contributed by atoms with Gasteiger partial charge < -0.3 is 10.4 Å². The number of sulfone groups is 1. The number of aliphatic hydroxyl groups excluding tert-OH is 1. The Balaban J connectivity index is 2.85. The molecule has 2 atom stereocenters. The zero-order chi connectivity index (χ0) is 16.0. The summed E-state index contributed by atoms with van der Waals surface area (Å²) in [5.41, 5.74) is 1.53. The summed E-state index contributed by atoms with van der Waals surface area (Å²) >= 11 is 0. The molecule has 2 N–H and O–H groups in total. The van der Waals surface area contributed by atoms with Crippen LogP contribution in [0, 0.1) is 11.8 Å². The van der Waals surface area contributed by atoms with Crippen LogP contribution in [0.25, 0.3) is 0 Å². The third-order valence-corrected chi connectivity index (χ3v) is 4.57. The van der Waals surface area contributed by atoms with Crippen LogP contribution in [0.2, 0.25) is 0 Å². The molecule has 114 valence electrons. The van der Waals surface area contributed by atoms with E-state index in [1.807, 2.05) is 6.07 Å². The van der Waals surface area contributed by atoms with E-state index >= 15 is 0 Å². The third kappa shape index (κ3) is 5.21. The van der Waals surface area contributed by atoms with Gasteiger partial charge in [-0.2, -0.15) is 0 Å². The van der Waals surface area contributed by atoms with E-state index in [-0.39, 0.29) is 12.6 Å². The quantitative estimate of drug-likeness (QED) is 0.800. The standard InChI is InChI=1S/C15H19NO4S/c1-11(16-15(18)12(2)21(3,19)20)14-8-4-6-13(10-14)7-5-9-17/h4,6,8,10-12,17H,9H2,1-3H3,(H,16,18). The van der Waals surface area contributed by atoms with Crippen molar-refractivity contribution in [3.05, 3.63) is 35.4 Å². The number of carbonyl (C=O) groups is 1. The van der Waals surface area contributed by atoms with Gasteiger partial charge >= 0.3 is 0 Å². The van der Waals surface area contributed by atoms with E-state index in [2.05, 4.69) is 17.2 Å². The van der Waals surface area contributed by atoms with Gasteiger partial charge in [-0.1, -0.05) is 24.0 Å². The van der Waals surface area contributed by atoms with E-state index in [1.54, 1.807) is 25.1 Å². The van der Waals surface area contributed by atoms with Crippen molar-refractivity contribution in [1.82, 2.24) is 5.32 Å². The summed E-state index contributed by atoms with van der Waals surface area (Å²) in [6.07, 6.45) is 1.03. The van der Waals surface area contributed by atoms with Crippen LogP contribution in [0.4, 0.5) is 0 Å². The van der Waals surface area contributed by atoms with Gasteiger partial charge in [0.15, 0.2) is 9.84 Å². The largest absolute Gasteiger partial charge is 0.384 e. The highest BCUT2D eigenvalue weighted by molar-refractivity contribution is 7.92. The Labute approximate surface area is 125 Å². The van der Waals surface area contributed by atoms with Crippen LogP contribution in [-0.2, 0) is 14.6 Å². The number of amides is 1. The summed E-state index contributed by atoms with van der Waals surface area (Å²) in [5.74, 6) is 4.80. The van der Waals surface area contributed by atoms with Crippen molar-refractivity contribution in [2.75, 3.05) is 12.9 Å². The van der Waals surface area contributed by atoms with E-state index in [9.17, 15) is 13.2 Å². The molecule has 6 heteroatoms. The highest BCUT2D eigenvalue weighted by Gasteiger charge is 2.24. The van der Waals surface area contributed by atoms with Crippen molar-refractivity contribution in [2.24, 2.45) is 0 Å². The molecule has 0 bridgehead atoms. The Morgan fingerprint density at radius 1 is 1.38 bits per heavy atom. The molecule has 0 heterocycles. The van der Waals surface area contributed by atoms with Gasteiger partial charge in [-0.15, -0.1) is 0 Å². The summed E-state index contributed by atoms with van der Waals surface area (Å²) < 4.78 is 22.7. The Morgan fingerprint density at radius 3 is 2.62 bits per heavy atom. The van der Waals surface area contributed by atoms with Crippen LogP contribution in [0.5, 0.6) is 0 Å². The molecule has 0 aliphatic carbocycles. The summed E-state index contributed by atoms with van der Waals surface area (Å²) in [5, 5.41) is 10.3. The van der Waals surface area contributed by atoms with Crippen molar-refractivity contribution in [3.63, 3.8) is 0 Å². The molecule has 1 aromatic carbocycles. The predicted molar refractivity (Wildman–Crippen MR) is 81.3 cm³/mol. The maximum atomic E-state index is 11.9. The molecule has 1 aromatic rings. The van der Waals surface area contributed by atoms with Gasteiger partial charge in [0.25, 0.3) is 0 Å². The van der Waals surface area contributed by atoms with E-state index in [0.29, 0.717) is 0 Å². The molecule has 0 radical (unpaired) electrons. The number of nitrogens with one attached hydrogen (secondary N) is 1. The van der Waals surface area contributed by atoms with E-state index in [0.717, 1.165) is 17.4 Å². The molecule has 0 aromatic heterocycles. The van der Waals surface area contributed by atoms with E-state index in [1.165, 1.54) is 6.92 Å². The Kier molecular flexibility index (Phi) is 5.94. The third-order valence-electron chi connectivity index (χ3n) is 3.07. The van der Waals surface area contributed by atoms with Gasteiger partial charge in [-0.25, -0.2) is 8.42 Å². The van der Waals surface area contributed by atoms with Crippen LogP contribution in [0.3, 0.4) is 0 Å². The highest BCUT2D eigenvalue weighted by Crippen LogP contribution is 2.14. The molecular formula is C15H19NO4S. The molecule has 0 saturated heterocycles. The number of aliphatic hydroxyl groups is 1. The monoisotopic (exact) mass is 309 g/mol. The van der Waals surface area contributed by atoms with Crippen molar-refractivity contribution < 1.29 is 18.3 Å². The maximum absolute atomic E-state index is 11.9. The molecule has 5 nitrogen and oxygen atoms in total. The Morgan fingerprint density at radius 2 is 2.05 bits per heavy atom. The molecule has 21 heavy (non-hydrogen) atoms. The lowest BCUT2D eigenvalue weighted by Gasteiger charge is -2.17. The average molecular weight is 309 g/mol. The van der Waals surface area contributed by atoms with Gasteiger partial charge in [0.2, 0.25) is 5.91 Å². The number of hydrogen-bond acceptors (Lipinski definition) is 4. The predicted octanol–water partition coefficient (Wildman–Crippen LogP) is 0.641. The molecule has 0 saturated carbocycles. The summed E-state index contributed by atoms with van der Waals surface area (Å²) in [7, 11) is -3.41. The molecule has 0 aliphatic heterocycles. The topological polar surface area (TPSA) is 83.5 Å². The first-order chi connectivity index (χ1) is 9.75. The first-order valence-electron chi connectivity index (χ1n) is 6.44. The minimum Gasteiger partial charge on any atom is -0.384 e. The van der Waals surface area contributed by atoms with Gasteiger partial charge in [-0.05, 0) is 31.5 Å². The second-order valence-corrected chi connectivity index (χ2v) is 7.15. The van der Waals surface area contributed by atoms with Crippen LogP contribution in [0.15, 0.2) is 24.3 Å². The Bertz CT molecular complexity index is 670. The first kappa shape index (κ1) is 17.2. The zero-order valence-electron chi connectivity index (χ0n) is 12.3. The molecule has 1 amide bonds. The molecular weight excluding hydrogens is 290 g/mol. The average Bonchev–Trinajstić information content (AvgIpc) is 2.43. The lowest BCUT2D eigenvalue weighted by molar-refractivity contribution is -0.121. The second-order valence-electron chi connectivity index (χ2n) is 4.79. The number of carbonyl (C=O) groups excluding carboxylic acids is 1. The van der Waals surface area contributed by atoms with Crippen molar-refractivity contribution in [2.45, 2.75) is 25.1 Å². The zero-order valence-corrected chi connectivity index (χ0v) is 13.1. The van der Waals surface area contributed by atoms with Gasteiger partial charge in [0.05, 0.1) is 6.04 Å². The molecule has 0 spiro atoms. The van der Waals surface area contributed by atoms with E-state index in [4.69, 9.17) is 5.11 Å². The fraction of sp³-hybridized carbons (Fsp3) is 0.400. The summed E-state index contributed by atoms with van der Waals surface area (Å²) in [6, 6.07) is 6.86. The lowest BCUT2D eigenvalue weighted by atomic mass is 10.1. The lowest BCUT2D eigenvalue weighted by Crippen LogP contribution is -2.38. The minimum atomic E-state index is -3.41. The number of benzene rings is 1. The fourth-order valence-corrected chi connectivity index (χ4v) is 2.09. The van der Waals surface area contributed by atoms with Crippen molar-refractivity contribution in [1.29, 1.82) is 0 Å². The van der Waals surface area contributed by atoms with Gasteiger partial charge in [-0.3, -0.25) is 4.79 Å². The SMILES string of the molecule is CC(NC(=O)C(C)S(C)(=O)=O)c1cccc(C#CCO)c1. The van der Waals surface area contributed by atoms with Gasteiger partial charge in [0, 0.05) is 11.8 Å². The molecule has 1 rings (SSSR count). The second kappa shape index (κ2) is 7.25. The minimum absolute atomic E-state index is 0.220. The number of rotatable bonds is 4. The first-order valence-corrected chi connectivity index (χ1v) is 8.40. The maximum Gasteiger partial charge on any atom is 0.238 e.